The van der Waals surface area contributed by atoms with Crippen LogP contribution >= 0.6 is 0 Å². The SMILES string of the molecule is CC(=O)[O-].CC(=O)[O-].C[CH2][Al+2]. The number of carbonyl (C=O) groups is 2. The van der Waals surface area contributed by atoms with Crippen LogP contribution in [0.4, 0.5) is 0 Å². The summed E-state index contributed by atoms with van der Waals surface area (Å²) in [6.45, 7) is 4.03. The maximum absolute atomic E-state index is 8.89. The van der Waals surface area contributed by atoms with Crippen molar-refractivity contribution in [2.45, 2.75) is 26.1 Å². The van der Waals surface area contributed by atoms with Crippen LogP contribution in [0.15, 0.2) is 0 Å². The molecular weight excluding hydrogens is 163 g/mol. The van der Waals surface area contributed by atoms with Gasteiger partial charge in [-0.3, -0.25) is 0 Å². The molecule has 0 aromatic rings. The van der Waals surface area contributed by atoms with Crippen molar-refractivity contribution in [3.05, 3.63) is 0 Å². The van der Waals surface area contributed by atoms with E-state index in [1.165, 1.54) is 5.28 Å². The number of rotatable bonds is 0. The van der Waals surface area contributed by atoms with Gasteiger partial charge in [0, 0.05) is 11.9 Å². The van der Waals surface area contributed by atoms with Crippen LogP contribution in [0.25, 0.3) is 0 Å². The average molecular weight is 174 g/mol. The van der Waals surface area contributed by atoms with Crippen molar-refractivity contribution in [3.8, 4) is 0 Å². The van der Waals surface area contributed by atoms with E-state index in [9.17, 15) is 0 Å². The van der Waals surface area contributed by atoms with Gasteiger partial charge in [-0.1, -0.05) is 0 Å². The molecule has 0 aromatic carbocycles. The van der Waals surface area contributed by atoms with Crippen LogP contribution in [0.2, 0.25) is 5.28 Å². The zero-order valence-corrected chi connectivity index (χ0v) is 8.07. The van der Waals surface area contributed by atoms with Gasteiger partial charge in [0.05, 0.1) is 0 Å². The second kappa shape index (κ2) is 16.2. The van der Waals surface area contributed by atoms with Crippen molar-refractivity contribution in [1.82, 2.24) is 0 Å². The van der Waals surface area contributed by atoms with Gasteiger partial charge >= 0.3 is 28.5 Å². The average Bonchev–Trinajstić information content (AvgIpc) is 1.60. The van der Waals surface area contributed by atoms with E-state index in [1.807, 2.05) is 0 Å². The van der Waals surface area contributed by atoms with Crippen molar-refractivity contribution in [3.63, 3.8) is 0 Å². The van der Waals surface area contributed by atoms with E-state index in [1.54, 1.807) is 0 Å². The van der Waals surface area contributed by atoms with Gasteiger partial charge in [-0.05, 0) is 13.8 Å². The van der Waals surface area contributed by atoms with Crippen LogP contribution in [0, 0.1) is 0 Å². The third-order valence-electron chi connectivity index (χ3n) is 0. The Morgan fingerprint density at radius 1 is 1.18 bits per heavy atom. The second-order valence-electron chi connectivity index (χ2n) is 1.39. The van der Waals surface area contributed by atoms with E-state index >= 15 is 0 Å². The van der Waals surface area contributed by atoms with Gasteiger partial charge in [-0.25, -0.2) is 0 Å². The third-order valence-corrected chi connectivity index (χ3v) is 0. The number of carbonyl (C=O) groups excluding carboxylic acids is 2. The number of hydrogen-bond donors (Lipinski definition) is 0. The number of carboxylic acids is 2. The summed E-state index contributed by atoms with van der Waals surface area (Å²) in [7, 11) is 0. The van der Waals surface area contributed by atoms with Crippen molar-refractivity contribution >= 4 is 28.2 Å². The number of hydrogen-bond acceptors (Lipinski definition) is 4. The van der Waals surface area contributed by atoms with Crippen LogP contribution in [0.3, 0.4) is 0 Å². The van der Waals surface area contributed by atoms with E-state index < -0.39 is 11.9 Å². The Balaban J connectivity index is -0.0000000886. The van der Waals surface area contributed by atoms with Crippen LogP contribution < -0.4 is 10.2 Å². The second-order valence-corrected chi connectivity index (χ2v) is 2.21. The summed E-state index contributed by atoms with van der Waals surface area (Å²) in [5, 5.41) is 18.9. The summed E-state index contributed by atoms with van der Waals surface area (Å²) in [4.78, 5) is 17.8. The summed E-state index contributed by atoms with van der Waals surface area (Å²) in [6, 6.07) is 0. The first-order chi connectivity index (χ1) is 4.88. The van der Waals surface area contributed by atoms with Crippen LogP contribution in [0.5, 0.6) is 0 Å². The molecule has 5 heteroatoms. The molecule has 0 rings (SSSR count). The standard InChI is InChI=1S/2C2H4O2.C2H5.Al/c2*1-2(3)4;1-2;/h2*1H3,(H,3,4);1H2,2H3;/q;;;+2/p-2. The fourth-order valence-electron chi connectivity index (χ4n) is 0. The molecule has 0 radical (unpaired) electrons. The predicted molar refractivity (Wildman–Crippen MR) is 37.6 cm³/mol. The topological polar surface area (TPSA) is 80.3 Å². The summed E-state index contributed by atoms with van der Waals surface area (Å²) in [5.41, 5.74) is 0. The van der Waals surface area contributed by atoms with Crippen molar-refractivity contribution in [2.24, 2.45) is 0 Å². The van der Waals surface area contributed by atoms with E-state index in [0.717, 1.165) is 13.8 Å². The Labute approximate surface area is 74.6 Å². The predicted octanol–water partition coefficient (Wildman–Crippen LogP) is -1.89. The Kier molecular flexibility index (Phi) is 24.8. The monoisotopic (exact) mass is 174 g/mol. The summed E-state index contributed by atoms with van der Waals surface area (Å²) in [6.07, 6.45) is 0. The molecule has 0 saturated carbocycles. The van der Waals surface area contributed by atoms with E-state index in [2.05, 4.69) is 23.2 Å². The minimum absolute atomic E-state index is 0.972. The Hall–Kier alpha value is -0.528. The first kappa shape index (κ1) is 16.8. The Bertz CT molecular complexity index is 82.8. The van der Waals surface area contributed by atoms with Crippen LogP contribution in [-0.4, -0.2) is 28.2 Å². The first-order valence-electron chi connectivity index (χ1n) is 2.93. The van der Waals surface area contributed by atoms with Crippen LogP contribution in [0.1, 0.15) is 20.8 Å². The van der Waals surface area contributed by atoms with Gasteiger partial charge in [-0.15, -0.1) is 0 Å². The molecule has 11 heavy (non-hydrogen) atoms. The quantitative estimate of drug-likeness (QED) is 0.402. The Morgan fingerprint density at radius 3 is 1.18 bits per heavy atom. The number of carboxylic acid groups (broad SMARTS) is 2. The van der Waals surface area contributed by atoms with Crippen molar-refractivity contribution in [2.75, 3.05) is 0 Å². The Morgan fingerprint density at radius 2 is 1.18 bits per heavy atom. The molecule has 0 amide bonds. The molecule has 0 heterocycles. The summed E-state index contributed by atoms with van der Waals surface area (Å²) in [5.74, 6) is -2.17. The molecule has 4 nitrogen and oxygen atoms in total. The van der Waals surface area contributed by atoms with E-state index in [4.69, 9.17) is 19.8 Å². The maximum atomic E-state index is 8.89. The van der Waals surface area contributed by atoms with Gasteiger partial charge in [0.25, 0.3) is 0 Å². The molecule has 0 atom stereocenters. The molecule has 0 aliphatic carbocycles. The van der Waals surface area contributed by atoms with Gasteiger partial charge in [-0.2, -0.15) is 0 Å². The summed E-state index contributed by atoms with van der Waals surface area (Å²) < 4.78 is 0. The van der Waals surface area contributed by atoms with Crippen molar-refractivity contribution < 1.29 is 19.8 Å². The van der Waals surface area contributed by atoms with Gasteiger partial charge in [0.2, 0.25) is 0 Å². The van der Waals surface area contributed by atoms with E-state index in [-0.39, 0.29) is 0 Å². The summed E-state index contributed by atoms with van der Waals surface area (Å²) >= 11 is 2.58. The fourth-order valence-corrected chi connectivity index (χ4v) is 0. The molecule has 0 aromatic heterocycles. The molecule has 0 N–H and O–H groups in total. The zero-order chi connectivity index (χ0) is 9.86. The minimum atomic E-state index is -1.08. The van der Waals surface area contributed by atoms with Gasteiger partial charge in [0.15, 0.2) is 0 Å². The molecule has 0 aliphatic heterocycles. The molecule has 0 fully saturated rings. The van der Waals surface area contributed by atoms with Gasteiger partial charge in [0.1, 0.15) is 0 Å². The molecule has 0 aliphatic rings. The van der Waals surface area contributed by atoms with Crippen molar-refractivity contribution in [1.29, 1.82) is 0 Å². The number of aliphatic carboxylic acids is 2. The molecule has 0 unspecified atom stereocenters. The molecule has 0 spiro atoms. The normalized spacial score (nSPS) is 6.27. The fraction of sp³-hybridized carbons (Fsp3) is 0.667. The van der Waals surface area contributed by atoms with E-state index in [0.29, 0.717) is 0 Å². The van der Waals surface area contributed by atoms with Gasteiger partial charge < -0.3 is 19.8 Å². The molecule has 0 saturated heterocycles. The molecule has 62 valence electrons. The first-order valence-corrected chi connectivity index (χ1v) is 3.75. The molecule has 0 bridgehead atoms. The molecular formula is C6H11AlO4. The third kappa shape index (κ3) is 1900. The van der Waals surface area contributed by atoms with Crippen LogP contribution in [-0.2, 0) is 9.59 Å². The zero-order valence-electron chi connectivity index (χ0n) is 6.92.